The first-order valence-electron chi connectivity index (χ1n) is 7.62. The first-order valence-corrected chi connectivity index (χ1v) is 9.10. The van der Waals surface area contributed by atoms with Crippen molar-refractivity contribution in [2.75, 3.05) is 0 Å². The summed E-state index contributed by atoms with van der Waals surface area (Å²) in [4.78, 5) is 21.6. The van der Waals surface area contributed by atoms with Gasteiger partial charge in [-0.2, -0.15) is 4.72 Å². The zero-order valence-corrected chi connectivity index (χ0v) is 14.2. The third-order valence-electron chi connectivity index (χ3n) is 3.90. The number of aliphatic carboxylic acids is 2. The summed E-state index contributed by atoms with van der Waals surface area (Å²) < 4.78 is 32.5. The zero-order chi connectivity index (χ0) is 18.9. The first kappa shape index (κ1) is 17.9. The molecule has 0 radical (unpaired) electrons. The van der Waals surface area contributed by atoms with Crippen LogP contribution in [0.25, 0.3) is 0 Å². The van der Waals surface area contributed by atoms with Crippen LogP contribution < -0.4 is 9.46 Å². The summed E-state index contributed by atoms with van der Waals surface area (Å²) in [6.45, 7) is 0. The Morgan fingerprint density at radius 1 is 1.08 bits per heavy atom. The number of ether oxygens (including phenoxy) is 1. The summed E-state index contributed by atoms with van der Waals surface area (Å²) in [6.07, 6.45) is -0.292. The van der Waals surface area contributed by atoms with Crippen LogP contribution >= 0.6 is 0 Å². The molecule has 0 aromatic heterocycles. The molecule has 0 bridgehead atoms. The Labute approximate surface area is 149 Å². The molecule has 3 rings (SSSR count). The number of fused-ring (bicyclic) bond motifs is 2. The lowest BCUT2D eigenvalue weighted by Crippen LogP contribution is -2.42. The van der Waals surface area contributed by atoms with Gasteiger partial charge in [0.05, 0.1) is 11.3 Å². The van der Waals surface area contributed by atoms with Crippen LogP contribution in [0, 0.1) is 0 Å². The highest BCUT2D eigenvalue weighted by Crippen LogP contribution is 2.37. The van der Waals surface area contributed by atoms with Gasteiger partial charge in [0.2, 0.25) is 10.0 Å². The molecule has 1 aliphatic heterocycles. The van der Waals surface area contributed by atoms with E-state index in [-0.39, 0.29) is 4.90 Å². The molecule has 136 valence electrons. The van der Waals surface area contributed by atoms with Gasteiger partial charge >= 0.3 is 11.9 Å². The number of nitrogens with one attached hydrogen (secondary N) is 1. The summed E-state index contributed by atoms with van der Waals surface area (Å²) in [7, 11) is -4.24. The van der Waals surface area contributed by atoms with E-state index in [1.54, 1.807) is 18.2 Å². The van der Waals surface area contributed by atoms with Crippen LogP contribution in [0.4, 0.5) is 0 Å². The van der Waals surface area contributed by atoms with Crippen molar-refractivity contribution in [2.45, 2.75) is 23.8 Å². The van der Waals surface area contributed by atoms with Gasteiger partial charge in [0.1, 0.15) is 17.5 Å². The molecule has 0 aliphatic carbocycles. The Morgan fingerprint density at radius 2 is 1.77 bits per heavy atom. The summed E-state index contributed by atoms with van der Waals surface area (Å²) in [5.74, 6) is -2.02. The molecule has 2 aromatic rings. The average molecular weight is 377 g/mol. The number of para-hydroxylation sites is 1. The molecule has 0 fully saturated rings. The van der Waals surface area contributed by atoms with Crippen LogP contribution in [0.1, 0.15) is 17.5 Å². The first-order chi connectivity index (χ1) is 12.3. The fraction of sp³-hybridized carbons (Fsp3) is 0.176. The average Bonchev–Trinajstić information content (AvgIpc) is 2.58. The Kier molecular flexibility index (Phi) is 4.66. The standard InChI is InChI=1S/C17H15NO7S/c19-16(20)9-13(17(21)22)18-26(23,24)12-6-5-11-7-10-3-1-2-4-14(10)25-15(11)8-12/h1-6,8,13,18H,7,9H2,(H,19,20)(H,21,22). The Hall–Kier alpha value is -2.91. The Morgan fingerprint density at radius 3 is 2.46 bits per heavy atom. The minimum absolute atomic E-state index is 0.202. The molecule has 8 nitrogen and oxygen atoms in total. The molecule has 0 saturated carbocycles. The number of carboxylic acid groups (broad SMARTS) is 2. The fourth-order valence-corrected chi connectivity index (χ4v) is 3.83. The number of benzene rings is 2. The highest BCUT2D eigenvalue weighted by atomic mass is 32.2. The highest BCUT2D eigenvalue weighted by molar-refractivity contribution is 7.89. The minimum Gasteiger partial charge on any atom is -0.481 e. The van der Waals surface area contributed by atoms with Crippen molar-refractivity contribution in [1.82, 2.24) is 4.72 Å². The number of rotatable bonds is 6. The lowest BCUT2D eigenvalue weighted by Gasteiger charge is -2.21. The van der Waals surface area contributed by atoms with Crippen LogP contribution in [0.3, 0.4) is 0 Å². The minimum atomic E-state index is -4.24. The van der Waals surface area contributed by atoms with Gasteiger partial charge < -0.3 is 14.9 Å². The molecule has 1 heterocycles. The number of hydrogen-bond donors (Lipinski definition) is 3. The molecular weight excluding hydrogens is 362 g/mol. The van der Waals surface area contributed by atoms with Crippen LogP contribution in [0.5, 0.6) is 11.5 Å². The monoisotopic (exact) mass is 377 g/mol. The van der Waals surface area contributed by atoms with Crippen molar-refractivity contribution < 1.29 is 33.0 Å². The van der Waals surface area contributed by atoms with Crippen molar-refractivity contribution >= 4 is 22.0 Å². The maximum absolute atomic E-state index is 12.4. The van der Waals surface area contributed by atoms with Crippen molar-refractivity contribution in [3.63, 3.8) is 0 Å². The number of carbonyl (C=O) groups is 2. The number of carboxylic acids is 2. The maximum Gasteiger partial charge on any atom is 0.322 e. The smallest absolute Gasteiger partial charge is 0.322 e. The summed E-state index contributed by atoms with van der Waals surface area (Å²) >= 11 is 0. The van der Waals surface area contributed by atoms with Gasteiger partial charge in [-0.15, -0.1) is 0 Å². The molecule has 26 heavy (non-hydrogen) atoms. The molecule has 0 amide bonds. The van der Waals surface area contributed by atoms with Crippen LogP contribution in [-0.2, 0) is 26.0 Å². The molecule has 1 unspecified atom stereocenters. The van der Waals surface area contributed by atoms with Crippen LogP contribution in [-0.4, -0.2) is 36.6 Å². The number of sulfonamides is 1. The van der Waals surface area contributed by atoms with E-state index in [9.17, 15) is 18.0 Å². The van der Waals surface area contributed by atoms with E-state index < -0.39 is 34.4 Å². The second-order valence-electron chi connectivity index (χ2n) is 5.77. The molecule has 0 saturated heterocycles. The summed E-state index contributed by atoms with van der Waals surface area (Å²) in [5.41, 5.74) is 1.77. The van der Waals surface area contributed by atoms with Crippen molar-refractivity contribution in [2.24, 2.45) is 0 Å². The molecule has 9 heteroatoms. The van der Waals surface area contributed by atoms with Gasteiger partial charge in [-0.1, -0.05) is 24.3 Å². The molecule has 1 aliphatic rings. The van der Waals surface area contributed by atoms with E-state index in [0.29, 0.717) is 17.9 Å². The van der Waals surface area contributed by atoms with Crippen molar-refractivity contribution in [3.8, 4) is 11.5 Å². The largest absolute Gasteiger partial charge is 0.481 e. The van der Waals surface area contributed by atoms with Crippen molar-refractivity contribution in [3.05, 3.63) is 53.6 Å². The predicted octanol–water partition coefficient (Wildman–Crippen LogP) is 1.59. The molecule has 0 spiro atoms. The molecule has 3 N–H and O–H groups in total. The van der Waals surface area contributed by atoms with Gasteiger partial charge in [-0.05, 0) is 23.3 Å². The van der Waals surface area contributed by atoms with Crippen LogP contribution in [0.2, 0.25) is 0 Å². The zero-order valence-electron chi connectivity index (χ0n) is 13.4. The third kappa shape index (κ3) is 3.68. The van der Waals surface area contributed by atoms with Gasteiger partial charge in [-0.25, -0.2) is 8.42 Å². The van der Waals surface area contributed by atoms with Gasteiger partial charge in [0, 0.05) is 12.5 Å². The van der Waals surface area contributed by atoms with E-state index in [1.807, 2.05) is 16.9 Å². The summed E-state index contributed by atoms with van der Waals surface area (Å²) in [6, 6.07) is 9.81. The van der Waals surface area contributed by atoms with E-state index in [1.165, 1.54) is 12.1 Å². The van der Waals surface area contributed by atoms with Gasteiger partial charge in [0.25, 0.3) is 0 Å². The lowest BCUT2D eigenvalue weighted by atomic mass is 10.0. The SMILES string of the molecule is O=C(O)CC(NS(=O)(=O)c1ccc2c(c1)Oc1ccccc1C2)C(=O)O. The van der Waals surface area contributed by atoms with E-state index in [0.717, 1.165) is 11.1 Å². The molecule has 1 atom stereocenters. The summed E-state index contributed by atoms with van der Waals surface area (Å²) in [5, 5.41) is 17.8. The van der Waals surface area contributed by atoms with E-state index >= 15 is 0 Å². The topological polar surface area (TPSA) is 130 Å². The van der Waals surface area contributed by atoms with Gasteiger partial charge in [0.15, 0.2) is 0 Å². The van der Waals surface area contributed by atoms with Gasteiger partial charge in [-0.3, -0.25) is 9.59 Å². The molecule has 2 aromatic carbocycles. The second kappa shape index (κ2) is 6.77. The molecular formula is C17H15NO7S. The number of hydrogen-bond acceptors (Lipinski definition) is 5. The second-order valence-corrected chi connectivity index (χ2v) is 7.48. The quantitative estimate of drug-likeness (QED) is 0.595. The Bertz CT molecular complexity index is 984. The van der Waals surface area contributed by atoms with Crippen LogP contribution in [0.15, 0.2) is 47.4 Å². The normalized spacial score (nSPS) is 13.8. The fourth-order valence-electron chi connectivity index (χ4n) is 2.63. The predicted molar refractivity (Wildman–Crippen MR) is 89.8 cm³/mol. The third-order valence-corrected chi connectivity index (χ3v) is 5.37. The maximum atomic E-state index is 12.4. The van der Waals surface area contributed by atoms with E-state index in [2.05, 4.69) is 0 Å². The van der Waals surface area contributed by atoms with Crippen molar-refractivity contribution in [1.29, 1.82) is 0 Å². The van der Waals surface area contributed by atoms with E-state index in [4.69, 9.17) is 14.9 Å². The lowest BCUT2D eigenvalue weighted by molar-refractivity contribution is -0.145. The Balaban J connectivity index is 1.88. The highest BCUT2D eigenvalue weighted by Gasteiger charge is 2.28.